The molecule has 2 heterocycles. The van der Waals surface area contributed by atoms with E-state index in [4.69, 9.17) is 9.26 Å². The smallest absolute Gasteiger partial charge is 0.341 e. The highest BCUT2D eigenvalue weighted by molar-refractivity contribution is 5.90. The Morgan fingerprint density at radius 2 is 2.29 bits per heavy atom. The second kappa shape index (κ2) is 4.87. The highest BCUT2D eigenvalue weighted by Gasteiger charge is 2.30. The molecule has 1 N–H and O–H groups in total. The Hall–Kier alpha value is -1.36. The minimum atomic E-state index is -0.962. The van der Waals surface area contributed by atoms with Crippen LogP contribution in [0.3, 0.4) is 0 Å². The van der Waals surface area contributed by atoms with Crippen molar-refractivity contribution in [3.63, 3.8) is 0 Å². The maximum atomic E-state index is 11.3. The van der Waals surface area contributed by atoms with Crippen LogP contribution in [-0.2, 0) is 4.74 Å². The molecule has 5 heteroatoms. The lowest BCUT2D eigenvalue weighted by Crippen LogP contribution is -2.18. The summed E-state index contributed by atoms with van der Waals surface area (Å²) in [6.07, 6.45) is 1.85. The summed E-state index contributed by atoms with van der Waals surface area (Å²) in [6.45, 7) is 5.07. The molecule has 1 fully saturated rings. The first-order valence-electron chi connectivity index (χ1n) is 5.91. The van der Waals surface area contributed by atoms with Crippen LogP contribution >= 0.6 is 0 Å². The van der Waals surface area contributed by atoms with Crippen molar-refractivity contribution in [2.75, 3.05) is 13.2 Å². The van der Waals surface area contributed by atoms with Crippen LogP contribution in [0.15, 0.2) is 4.52 Å². The predicted molar refractivity (Wildman–Crippen MR) is 60.3 cm³/mol. The third kappa shape index (κ3) is 2.34. The van der Waals surface area contributed by atoms with Crippen LogP contribution in [-0.4, -0.2) is 29.4 Å². The lowest BCUT2D eigenvalue weighted by molar-refractivity contribution is 0.0677. The van der Waals surface area contributed by atoms with Gasteiger partial charge in [-0.2, -0.15) is 0 Å². The molecule has 5 nitrogen and oxygen atoms in total. The van der Waals surface area contributed by atoms with Crippen LogP contribution in [0.2, 0.25) is 0 Å². The predicted octanol–water partition coefficient (Wildman–Crippen LogP) is 2.39. The Labute approximate surface area is 99.7 Å². The van der Waals surface area contributed by atoms with Gasteiger partial charge in [0.25, 0.3) is 0 Å². The van der Waals surface area contributed by atoms with Gasteiger partial charge in [-0.3, -0.25) is 0 Å². The minimum Gasteiger partial charge on any atom is -0.477 e. The van der Waals surface area contributed by atoms with Gasteiger partial charge in [-0.05, 0) is 12.8 Å². The molecule has 1 atom stereocenters. The van der Waals surface area contributed by atoms with E-state index in [1.807, 2.05) is 13.8 Å². The summed E-state index contributed by atoms with van der Waals surface area (Å²) < 4.78 is 10.6. The number of hydrogen-bond acceptors (Lipinski definition) is 4. The SMILES string of the molecule is CC(C)c1onc(C2CCCOC2)c1C(=O)O. The molecular weight excluding hydrogens is 222 g/mol. The van der Waals surface area contributed by atoms with Crippen LogP contribution in [0.1, 0.15) is 60.3 Å². The quantitative estimate of drug-likeness (QED) is 0.876. The number of carboxylic acid groups (broad SMARTS) is 1. The Morgan fingerprint density at radius 1 is 1.53 bits per heavy atom. The Morgan fingerprint density at radius 3 is 2.82 bits per heavy atom. The standard InChI is InChI=1S/C12H17NO4/c1-7(2)11-9(12(14)15)10(13-17-11)8-4-3-5-16-6-8/h7-8H,3-6H2,1-2H3,(H,14,15). The number of hydrogen-bond donors (Lipinski definition) is 1. The van der Waals surface area contributed by atoms with Crippen LogP contribution < -0.4 is 0 Å². The fraction of sp³-hybridized carbons (Fsp3) is 0.667. The van der Waals surface area contributed by atoms with Crippen molar-refractivity contribution >= 4 is 5.97 Å². The van der Waals surface area contributed by atoms with Crippen molar-refractivity contribution in [2.24, 2.45) is 0 Å². The van der Waals surface area contributed by atoms with Crippen LogP contribution in [0.25, 0.3) is 0 Å². The molecule has 94 valence electrons. The summed E-state index contributed by atoms with van der Waals surface area (Å²) in [5.41, 5.74) is 0.774. The molecule has 0 radical (unpaired) electrons. The van der Waals surface area contributed by atoms with E-state index >= 15 is 0 Å². The third-order valence-corrected chi connectivity index (χ3v) is 3.03. The van der Waals surface area contributed by atoms with Gasteiger partial charge in [-0.25, -0.2) is 4.79 Å². The molecule has 0 spiro atoms. The fourth-order valence-electron chi connectivity index (χ4n) is 2.16. The second-order valence-corrected chi connectivity index (χ2v) is 4.68. The molecule has 1 aromatic rings. The van der Waals surface area contributed by atoms with E-state index in [-0.39, 0.29) is 17.4 Å². The van der Waals surface area contributed by atoms with E-state index in [9.17, 15) is 9.90 Å². The summed E-state index contributed by atoms with van der Waals surface area (Å²) in [4.78, 5) is 11.3. The van der Waals surface area contributed by atoms with E-state index in [0.717, 1.165) is 19.4 Å². The zero-order valence-electron chi connectivity index (χ0n) is 10.1. The molecule has 0 aromatic carbocycles. The van der Waals surface area contributed by atoms with Crippen molar-refractivity contribution in [1.82, 2.24) is 5.16 Å². The topological polar surface area (TPSA) is 72.6 Å². The molecule has 17 heavy (non-hydrogen) atoms. The van der Waals surface area contributed by atoms with Gasteiger partial charge in [0.05, 0.1) is 6.61 Å². The molecule has 0 aliphatic carbocycles. The van der Waals surface area contributed by atoms with Gasteiger partial charge in [0.1, 0.15) is 11.3 Å². The molecular formula is C12H17NO4. The molecule has 1 aliphatic rings. The van der Waals surface area contributed by atoms with Gasteiger partial charge in [-0.1, -0.05) is 19.0 Å². The van der Waals surface area contributed by atoms with Crippen LogP contribution in [0, 0.1) is 0 Å². The first-order valence-corrected chi connectivity index (χ1v) is 5.91. The molecule has 0 amide bonds. The third-order valence-electron chi connectivity index (χ3n) is 3.03. The largest absolute Gasteiger partial charge is 0.477 e. The van der Waals surface area contributed by atoms with E-state index in [2.05, 4.69) is 5.16 Å². The van der Waals surface area contributed by atoms with Crippen LogP contribution in [0.4, 0.5) is 0 Å². The fourth-order valence-corrected chi connectivity index (χ4v) is 2.16. The van der Waals surface area contributed by atoms with Crippen molar-refractivity contribution in [2.45, 2.75) is 38.5 Å². The minimum absolute atomic E-state index is 0.0202. The molecule has 1 aliphatic heterocycles. The Bertz CT molecular complexity index is 405. The maximum Gasteiger partial charge on any atom is 0.341 e. The average molecular weight is 239 g/mol. The van der Waals surface area contributed by atoms with E-state index in [1.54, 1.807) is 0 Å². The van der Waals surface area contributed by atoms with Gasteiger partial charge < -0.3 is 14.4 Å². The van der Waals surface area contributed by atoms with Crippen molar-refractivity contribution in [3.05, 3.63) is 17.0 Å². The number of carboxylic acids is 1. The van der Waals surface area contributed by atoms with Gasteiger partial charge in [-0.15, -0.1) is 0 Å². The molecule has 2 rings (SSSR count). The van der Waals surface area contributed by atoms with Gasteiger partial charge in [0, 0.05) is 18.4 Å². The maximum absolute atomic E-state index is 11.3. The van der Waals surface area contributed by atoms with Crippen molar-refractivity contribution < 1.29 is 19.2 Å². The number of rotatable bonds is 3. The normalized spacial score (nSPS) is 20.8. The molecule has 0 saturated carbocycles. The summed E-state index contributed by atoms with van der Waals surface area (Å²) in [6, 6.07) is 0. The highest BCUT2D eigenvalue weighted by atomic mass is 16.5. The number of nitrogens with zero attached hydrogens (tertiary/aromatic N) is 1. The van der Waals surface area contributed by atoms with Crippen LogP contribution in [0.5, 0.6) is 0 Å². The van der Waals surface area contributed by atoms with Crippen molar-refractivity contribution in [3.8, 4) is 0 Å². The molecule has 1 aromatic heterocycles. The van der Waals surface area contributed by atoms with Gasteiger partial charge in [0.2, 0.25) is 0 Å². The number of carbonyl (C=O) groups is 1. The number of aromatic nitrogens is 1. The van der Waals surface area contributed by atoms with E-state index in [0.29, 0.717) is 18.1 Å². The summed E-state index contributed by atoms with van der Waals surface area (Å²) in [5, 5.41) is 13.2. The Balaban J connectivity index is 2.36. The highest BCUT2D eigenvalue weighted by Crippen LogP contribution is 2.31. The molecule has 1 unspecified atom stereocenters. The average Bonchev–Trinajstić information content (AvgIpc) is 2.74. The lowest BCUT2D eigenvalue weighted by atomic mass is 9.93. The van der Waals surface area contributed by atoms with E-state index < -0.39 is 5.97 Å². The van der Waals surface area contributed by atoms with Gasteiger partial charge in [0.15, 0.2) is 5.76 Å². The number of ether oxygens (including phenoxy) is 1. The molecule has 1 saturated heterocycles. The van der Waals surface area contributed by atoms with Gasteiger partial charge >= 0.3 is 5.97 Å². The summed E-state index contributed by atoms with van der Waals surface area (Å²) in [7, 11) is 0. The van der Waals surface area contributed by atoms with E-state index in [1.165, 1.54) is 0 Å². The monoisotopic (exact) mass is 239 g/mol. The lowest BCUT2D eigenvalue weighted by Gasteiger charge is -2.20. The summed E-state index contributed by atoms with van der Waals surface area (Å²) in [5.74, 6) is -0.438. The van der Waals surface area contributed by atoms with Crippen molar-refractivity contribution in [1.29, 1.82) is 0 Å². The zero-order valence-corrected chi connectivity index (χ0v) is 10.1. The zero-order chi connectivity index (χ0) is 12.4. The summed E-state index contributed by atoms with van der Waals surface area (Å²) >= 11 is 0. The first kappa shape index (κ1) is 12.1. The second-order valence-electron chi connectivity index (χ2n) is 4.68. The Kier molecular flexibility index (Phi) is 3.47. The molecule has 0 bridgehead atoms. The first-order chi connectivity index (χ1) is 8.11. The number of aromatic carboxylic acids is 1.